The van der Waals surface area contributed by atoms with E-state index in [0.29, 0.717) is 12.2 Å². The molecule has 0 N–H and O–H groups in total. The third kappa shape index (κ3) is 2.96. The SMILES string of the molecule is C=C(C)C(=O)OCCc1scnc1C. The first-order chi connectivity index (χ1) is 6.61. The zero-order valence-electron chi connectivity index (χ0n) is 8.37. The summed E-state index contributed by atoms with van der Waals surface area (Å²) in [7, 11) is 0. The molecule has 0 aliphatic heterocycles. The Hall–Kier alpha value is -1.16. The van der Waals surface area contributed by atoms with Crippen molar-refractivity contribution in [3.63, 3.8) is 0 Å². The molecule has 0 amide bonds. The average molecular weight is 211 g/mol. The van der Waals surface area contributed by atoms with Gasteiger partial charge in [0.15, 0.2) is 0 Å². The Morgan fingerprint density at radius 2 is 2.43 bits per heavy atom. The summed E-state index contributed by atoms with van der Waals surface area (Å²) >= 11 is 1.58. The van der Waals surface area contributed by atoms with Crippen LogP contribution in [-0.2, 0) is 16.0 Å². The molecule has 4 heteroatoms. The van der Waals surface area contributed by atoms with Crippen LogP contribution in [0.3, 0.4) is 0 Å². The highest BCUT2D eigenvalue weighted by Gasteiger charge is 2.05. The maximum Gasteiger partial charge on any atom is 0.333 e. The van der Waals surface area contributed by atoms with Crippen molar-refractivity contribution in [1.29, 1.82) is 0 Å². The smallest absolute Gasteiger partial charge is 0.333 e. The van der Waals surface area contributed by atoms with Gasteiger partial charge in [0.05, 0.1) is 17.8 Å². The molecular formula is C10H13NO2S. The fourth-order valence-electron chi connectivity index (χ4n) is 0.926. The maximum absolute atomic E-state index is 11.0. The van der Waals surface area contributed by atoms with Gasteiger partial charge in [-0.1, -0.05) is 6.58 Å². The van der Waals surface area contributed by atoms with Gasteiger partial charge >= 0.3 is 5.97 Å². The van der Waals surface area contributed by atoms with Gasteiger partial charge in [-0.3, -0.25) is 0 Å². The van der Waals surface area contributed by atoms with Gasteiger partial charge in [0.2, 0.25) is 0 Å². The van der Waals surface area contributed by atoms with E-state index in [2.05, 4.69) is 11.6 Å². The molecule has 0 fully saturated rings. The molecule has 0 saturated carbocycles. The van der Waals surface area contributed by atoms with Gasteiger partial charge in [-0.25, -0.2) is 9.78 Å². The highest BCUT2D eigenvalue weighted by Crippen LogP contribution is 2.12. The Morgan fingerprint density at radius 3 is 2.93 bits per heavy atom. The van der Waals surface area contributed by atoms with Crippen LogP contribution in [0.15, 0.2) is 17.7 Å². The van der Waals surface area contributed by atoms with E-state index >= 15 is 0 Å². The van der Waals surface area contributed by atoms with Crippen LogP contribution < -0.4 is 0 Å². The van der Waals surface area contributed by atoms with Crippen LogP contribution in [-0.4, -0.2) is 17.6 Å². The molecule has 3 nitrogen and oxygen atoms in total. The highest BCUT2D eigenvalue weighted by atomic mass is 32.1. The Morgan fingerprint density at radius 1 is 1.71 bits per heavy atom. The largest absolute Gasteiger partial charge is 0.462 e. The Bertz CT molecular complexity index is 344. The van der Waals surface area contributed by atoms with E-state index in [-0.39, 0.29) is 5.97 Å². The van der Waals surface area contributed by atoms with Gasteiger partial charge in [0.1, 0.15) is 0 Å². The lowest BCUT2D eigenvalue weighted by atomic mass is 10.3. The van der Waals surface area contributed by atoms with Gasteiger partial charge in [0, 0.05) is 16.9 Å². The molecule has 0 unspecified atom stereocenters. The molecule has 1 rings (SSSR count). The fourth-order valence-corrected chi connectivity index (χ4v) is 1.69. The quantitative estimate of drug-likeness (QED) is 0.565. The van der Waals surface area contributed by atoms with Gasteiger partial charge in [-0.15, -0.1) is 11.3 Å². The number of carbonyl (C=O) groups excluding carboxylic acids is 1. The van der Waals surface area contributed by atoms with Crippen LogP contribution in [0.25, 0.3) is 0 Å². The molecule has 0 aromatic carbocycles. The van der Waals surface area contributed by atoms with Crippen LogP contribution in [0.1, 0.15) is 17.5 Å². The second-order valence-electron chi connectivity index (χ2n) is 3.03. The summed E-state index contributed by atoms with van der Waals surface area (Å²) in [6.45, 7) is 7.49. The van der Waals surface area contributed by atoms with E-state index in [4.69, 9.17) is 4.74 Å². The lowest BCUT2D eigenvalue weighted by Gasteiger charge is -2.02. The number of carbonyl (C=O) groups is 1. The minimum Gasteiger partial charge on any atom is -0.462 e. The van der Waals surface area contributed by atoms with Crippen molar-refractivity contribution in [2.45, 2.75) is 20.3 Å². The lowest BCUT2D eigenvalue weighted by Crippen LogP contribution is -2.07. The van der Waals surface area contributed by atoms with E-state index < -0.39 is 0 Å². The Labute approximate surface area is 87.4 Å². The molecule has 1 heterocycles. The number of aromatic nitrogens is 1. The van der Waals surface area contributed by atoms with Gasteiger partial charge < -0.3 is 4.74 Å². The molecule has 0 aliphatic carbocycles. The summed E-state index contributed by atoms with van der Waals surface area (Å²) in [5, 5.41) is 0. The van der Waals surface area contributed by atoms with E-state index in [0.717, 1.165) is 12.1 Å². The van der Waals surface area contributed by atoms with Crippen molar-refractivity contribution in [1.82, 2.24) is 4.98 Å². The molecule has 0 bridgehead atoms. The van der Waals surface area contributed by atoms with E-state index in [1.165, 1.54) is 4.88 Å². The summed E-state index contributed by atoms with van der Waals surface area (Å²) in [5.74, 6) is -0.327. The normalized spacial score (nSPS) is 9.86. The first kappa shape index (κ1) is 10.9. The number of rotatable bonds is 4. The molecule has 0 spiro atoms. The first-order valence-corrected chi connectivity index (χ1v) is 5.21. The van der Waals surface area contributed by atoms with Crippen molar-refractivity contribution in [2.24, 2.45) is 0 Å². The zero-order chi connectivity index (χ0) is 10.6. The summed E-state index contributed by atoms with van der Waals surface area (Å²) in [4.78, 5) is 16.3. The number of ether oxygens (including phenoxy) is 1. The standard InChI is InChI=1S/C10H13NO2S/c1-7(2)10(12)13-5-4-9-8(3)11-6-14-9/h6H,1,4-5H2,2-3H3. The molecule has 0 radical (unpaired) electrons. The van der Waals surface area contributed by atoms with Gasteiger partial charge in [-0.05, 0) is 13.8 Å². The molecule has 76 valence electrons. The van der Waals surface area contributed by atoms with Crippen molar-refractivity contribution >= 4 is 17.3 Å². The maximum atomic E-state index is 11.0. The summed E-state index contributed by atoms with van der Waals surface area (Å²) in [5.41, 5.74) is 3.25. The molecule has 0 aliphatic rings. The molecule has 1 aromatic heterocycles. The third-order valence-corrected chi connectivity index (χ3v) is 2.75. The third-order valence-electron chi connectivity index (χ3n) is 1.76. The number of hydrogen-bond acceptors (Lipinski definition) is 4. The van der Waals surface area contributed by atoms with Crippen molar-refractivity contribution in [3.8, 4) is 0 Å². The van der Waals surface area contributed by atoms with E-state index in [1.54, 1.807) is 23.8 Å². The Kier molecular flexibility index (Phi) is 3.83. The molecule has 1 aromatic rings. The summed E-state index contributed by atoms with van der Waals surface area (Å²) < 4.78 is 4.97. The molecular weight excluding hydrogens is 198 g/mol. The zero-order valence-corrected chi connectivity index (χ0v) is 9.19. The predicted octanol–water partition coefficient (Wildman–Crippen LogP) is 2.11. The second kappa shape index (κ2) is 4.91. The molecule has 0 atom stereocenters. The fraction of sp³-hybridized carbons (Fsp3) is 0.400. The van der Waals surface area contributed by atoms with Gasteiger partial charge in [-0.2, -0.15) is 0 Å². The van der Waals surface area contributed by atoms with Crippen molar-refractivity contribution < 1.29 is 9.53 Å². The minimum absolute atomic E-state index is 0.327. The number of aryl methyl sites for hydroxylation is 1. The lowest BCUT2D eigenvalue weighted by molar-refractivity contribution is -0.138. The van der Waals surface area contributed by atoms with Gasteiger partial charge in [0.25, 0.3) is 0 Å². The number of hydrogen-bond donors (Lipinski definition) is 0. The van der Waals surface area contributed by atoms with Crippen molar-refractivity contribution in [2.75, 3.05) is 6.61 Å². The topological polar surface area (TPSA) is 39.2 Å². The number of thiazole rings is 1. The van der Waals surface area contributed by atoms with Crippen LogP contribution in [0.5, 0.6) is 0 Å². The number of esters is 1. The predicted molar refractivity (Wildman–Crippen MR) is 56.3 cm³/mol. The summed E-state index contributed by atoms with van der Waals surface area (Å²) in [6.07, 6.45) is 0.732. The second-order valence-corrected chi connectivity index (χ2v) is 3.97. The Balaban J connectivity index is 2.32. The van der Waals surface area contributed by atoms with Crippen molar-refractivity contribution in [3.05, 3.63) is 28.2 Å². The van der Waals surface area contributed by atoms with Crippen LogP contribution in [0.4, 0.5) is 0 Å². The van der Waals surface area contributed by atoms with E-state index in [9.17, 15) is 4.79 Å². The average Bonchev–Trinajstić information content (AvgIpc) is 2.51. The van der Waals surface area contributed by atoms with Crippen LogP contribution >= 0.6 is 11.3 Å². The molecule has 14 heavy (non-hydrogen) atoms. The van der Waals surface area contributed by atoms with Crippen LogP contribution in [0, 0.1) is 6.92 Å². The monoisotopic (exact) mass is 211 g/mol. The van der Waals surface area contributed by atoms with Crippen LogP contribution in [0.2, 0.25) is 0 Å². The summed E-state index contributed by atoms with van der Waals surface area (Å²) in [6, 6.07) is 0. The highest BCUT2D eigenvalue weighted by molar-refractivity contribution is 7.09. The molecule has 0 saturated heterocycles. The van der Waals surface area contributed by atoms with E-state index in [1.807, 2.05) is 6.92 Å². The number of nitrogens with zero attached hydrogens (tertiary/aromatic N) is 1. The first-order valence-electron chi connectivity index (χ1n) is 4.33. The minimum atomic E-state index is -0.327.